The number of rotatable bonds is 4. The van der Waals surface area contributed by atoms with Crippen LogP contribution in [-0.4, -0.2) is 22.1 Å². The lowest BCUT2D eigenvalue weighted by molar-refractivity contribution is 0.0899. The van der Waals surface area contributed by atoms with Crippen LogP contribution in [-0.2, 0) is 0 Å². The number of hydrogen-bond donors (Lipinski definition) is 1. The summed E-state index contributed by atoms with van der Waals surface area (Å²) in [4.78, 5) is 12.6. The molecule has 0 bridgehead atoms. The van der Waals surface area contributed by atoms with Crippen molar-refractivity contribution in [3.63, 3.8) is 0 Å². The summed E-state index contributed by atoms with van der Waals surface area (Å²) in [5, 5.41) is 13.6. The Morgan fingerprint density at radius 1 is 0.903 bits per heavy atom. The smallest absolute Gasteiger partial charge is 0.287 e. The molecule has 1 amide bonds. The fraction of sp³-hybridized carbons (Fsp3) is 0.261. The second-order valence-corrected chi connectivity index (χ2v) is 8.64. The van der Waals surface area contributed by atoms with E-state index in [1.165, 1.54) is 0 Å². The Kier molecular flexibility index (Phi) is 5.42. The van der Waals surface area contributed by atoms with Crippen molar-refractivity contribution < 1.29 is 13.6 Å². The van der Waals surface area contributed by atoms with E-state index in [2.05, 4.69) is 15.5 Å². The second-order valence-electron chi connectivity index (χ2n) is 7.77. The number of amides is 1. The predicted molar refractivity (Wildman–Crippen MR) is 118 cm³/mol. The molecule has 8 heteroatoms. The molecule has 1 fully saturated rings. The summed E-state index contributed by atoms with van der Waals surface area (Å²) in [6.07, 6.45) is 3.40. The van der Waals surface area contributed by atoms with Gasteiger partial charge in [-0.15, -0.1) is 10.2 Å². The standard InChI is InChI=1S/C23H19Cl2N3O3/c24-16-5-1-13(2-6-16)22-27-28-23(31-22)14-3-8-18(9-4-14)26-21(29)20-12-15-11-17(25)7-10-19(15)30-20/h1-2,5-7,10-12,14,18H,3-4,8-9H2,(H,26,29)/t14-,18-. The maximum absolute atomic E-state index is 12.6. The van der Waals surface area contributed by atoms with E-state index in [0.717, 1.165) is 36.6 Å². The number of halogens is 2. The molecule has 2 aromatic heterocycles. The first-order chi connectivity index (χ1) is 15.0. The number of hydrogen-bond acceptors (Lipinski definition) is 5. The fourth-order valence-corrected chi connectivity index (χ4v) is 4.28. The van der Waals surface area contributed by atoms with E-state index in [1.807, 2.05) is 12.1 Å². The van der Waals surface area contributed by atoms with Crippen LogP contribution in [0.3, 0.4) is 0 Å². The van der Waals surface area contributed by atoms with Gasteiger partial charge in [-0.1, -0.05) is 23.2 Å². The molecule has 0 spiro atoms. The second kappa shape index (κ2) is 8.36. The number of nitrogens with one attached hydrogen (secondary N) is 1. The molecule has 0 radical (unpaired) electrons. The van der Waals surface area contributed by atoms with Crippen molar-refractivity contribution in [2.45, 2.75) is 37.6 Å². The highest BCUT2D eigenvalue weighted by atomic mass is 35.5. The monoisotopic (exact) mass is 455 g/mol. The summed E-state index contributed by atoms with van der Waals surface area (Å²) in [7, 11) is 0. The van der Waals surface area contributed by atoms with Crippen LogP contribution >= 0.6 is 23.2 Å². The zero-order chi connectivity index (χ0) is 21.4. The van der Waals surface area contributed by atoms with Crippen molar-refractivity contribution in [3.8, 4) is 11.5 Å². The number of furan rings is 1. The van der Waals surface area contributed by atoms with Crippen molar-refractivity contribution in [1.29, 1.82) is 0 Å². The Morgan fingerprint density at radius 2 is 1.65 bits per heavy atom. The summed E-state index contributed by atoms with van der Waals surface area (Å²) >= 11 is 11.9. The predicted octanol–water partition coefficient (Wildman–Crippen LogP) is 6.25. The first-order valence-electron chi connectivity index (χ1n) is 10.1. The Labute approximate surface area is 188 Å². The van der Waals surface area contributed by atoms with E-state index < -0.39 is 0 Å². The molecule has 31 heavy (non-hydrogen) atoms. The van der Waals surface area contributed by atoms with E-state index >= 15 is 0 Å². The summed E-state index contributed by atoms with van der Waals surface area (Å²) < 4.78 is 11.6. The fourth-order valence-electron chi connectivity index (χ4n) is 3.98. The normalized spacial score (nSPS) is 18.9. The molecule has 0 atom stereocenters. The van der Waals surface area contributed by atoms with Crippen LogP contribution in [0.2, 0.25) is 10.0 Å². The average molecular weight is 456 g/mol. The van der Waals surface area contributed by atoms with Crippen molar-refractivity contribution >= 4 is 40.1 Å². The molecule has 2 heterocycles. The van der Waals surface area contributed by atoms with Crippen molar-refractivity contribution in [3.05, 3.63) is 70.2 Å². The topological polar surface area (TPSA) is 81.2 Å². The van der Waals surface area contributed by atoms with Gasteiger partial charge >= 0.3 is 0 Å². The van der Waals surface area contributed by atoms with Crippen LogP contribution in [0, 0.1) is 0 Å². The molecule has 0 unspecified atom stereocenters. The van der Waals surface area contributed by atoms with Gasteiger partial charge in [0, 0.05) is 33.0 Å². The number of aromatic nitrogens is 2. The number of carbonyl (C=O) groups is 1. The molecule has 5 rings (SSSR count). The SMILES string of the molecule is O=C(N[C@H]1CC[C@H](c2nnc(-c3ccc(Cl)cc3)o2)CC1)c1cc2cc(Cl)ccc2o1. The number of benzene rings is 2. The first-order valence-corrected chi connectivity index (χ1v) is 10.9. The minimum Gasteiger partial charge on any atom is -0.451 e. The zero-order valence-electron chi connectivity index (χ0n) is 16.5. The summed E-state index contributed by atoms with van der Waals surface area (Å²) in [5.74, 6) is 1.41. The van der Waals surface area contributed by atoms with Crippen molar-refractivity contribution in [2.24, 2.45) is 0 Å². The van der Waals surface area contributed by atoms with Gasteiger partial charge in [-0.25, -0.2) is 0 Å². The highest BCUT2D eigenvalue weighted by Gasteiger charge is 2.28. The number of nitrogens with zero attached hydrogens (tertiary/aromatic N) is 2. The summed E-state index contributed by atoms with van der Waals surface area (Å²) in [6.45, 7) is 0. The van der Waals surface area contributed by atoms with Gasteiger partial charge in [-0.05, 0) is 74.2 Å². The molecular weight excluding hydrogens is 437 g/mol. The molecule has 6 nitrogen and oxygen atoms in total. The van der Waals surface area contributed by atoms with Gasteiger partial charge in [-0.2, -0.15) is 0 Å². The van der Waals surface area contributed by atoms with Gasteiger partial charge in [0.1, 0.15) is 5.58 Å². The lowest BCUT2D eigenvalue weighted by Crippen LogP contribution is -2.37. The lowest BCUT2D eigenvalue weighted by atomic mass is 9.86. The highest BCUT2D eigenvalue weighted by Crippen LogP contribution is 2.34. The maximum Gasteiger partial charge on any atom is 0.287 e. The van der Waals surface area contributed by atoms with Gasteiger partial charge < -0.3 is 14.2 Å². The van der Waals surface area contributed by atoms with E-state index in [1.54, 1.807) is 36.4 Å². The van der Waals surface area contributed by atoms with E-state index in [0.29, 0.717) is 33.2 Å². The minimum atomic E-state index is -0.210. The van der Waals surface area contributed by atoms with Gasteiger partial charge in [0.15, 0.2) is 5.76 Å². The molecule has 1 N–H and O–H groups in total. The molecule has 1 saturated carbocycles. The van der Waals surface area contributed by atoms with Crippen LogP contribution in [0.1, 0.15) is 48.0 Å². The first kappa shape index (κ1) is 20.1. The van der Waals surface area contributed by atoms with E-state index in [4.69, 9.17) is 32.0 Å². The quantitative estimate of drug-likeness (QED) is 0.393. The van der Waals surface area contributed by atoms with Crippen molar-refractivity contribution in [1.82, 2.24) is 15.5 Å². The molecule has 0 saturated heterocycles. The van der Waals surface area contributed by atoms with Crippen LogP contribution in [0.25, 0.3) is 22.4 Å². The van der Waals surface area contributed by atoms with Crippen molar-refractivity contribution in [2.75, 3.05) is 0 Å². The third-order valence-corrected chi connectivity index (χ3v) is 6.13. The van der Waals surface area contributed by atoms with Crippen LogP contribution in [0.5, 0.6) is 0 Å². The Morgan fingerprint density at radius 3 is 2.42 bits per heavy atom. The van der Waals surface area contributed by atoms with Gasteiger partial charge in [-0.3, -0.25) is 4.79 Å². The van der Waals surface area contributed by atoms with Gasteiger partial charge in [0.2, 0.25) is 11.8 Å². The van der Waals surface area contributed by atoms with E-state index in [9.17, 15) is 4.79 Å². The van der Waals surface area contributed by atoms with Gasteiger partial charge in [0.25, 0.3) is 5.91 Å². The molecule has 4 aromatic rings. The zero-order valence-corrected chi connectivity index (χ0v) is 18.0. The molecule has 2 aromatic carbocycles. The van der Waals surface area contributed by atoms with Crippen LogP contribution < -0.4 is 5.32 Å². The third-order valence-electron chi connectivity index (χ3n) is 5.65. The summed E-state index contributed by atoms with van der Waals surface area (Å²) in [5.41, 5.74) is 1.49. The average Bonchev–Trinajstić information content (AvgIpc) is 3.42. The van der Waals surface area contributed by atoms with E-state index in [-0.39, 0.29) is 17.9 Å². The summed E-state index contributed by atoms with van der Waals surface area (Å²) in [6, 6.07) is 14.4. The van der Waals surface area contributed by atoms with Gasteiger partial charge in [0.05, 0.1) is 0 Å². The third kappa shape index (κ3) is 4.31. The Bertz CT molecular complexity index is 1220. The maximum atomic E-state index is 12.6. The lowest BCUT2D eigenvalue weighted by Gasteiger charge is -2.26. The molecule has 1 aliphatic carbocycles. The molecule has 158 valence electrons. The van der Waals surface area contributed by atoms with Crippen LogP contribution in [0.4, 0.5) is 0 Å². The number of fused-ring (bicyclic) bond motifs is 1. The molecule has 0 aliphatic heterocycles. The highest BCUT2D eigenvalue weighted by molar-refractivity contribution is 6.31. The number of carbonyl (C=O) groups excluding carboxylic acids is 1. The van der Waals surface area contributed by atoms with Crippen LogP contribution in [0.15, 0.2) is 57.4 Å². The Hall–Kier alpha value is -2.83. The minimum absolute atomic E-state index is 0.0826. The largest absolute Gasteiger partial charge is 0.451 e. The molecule has 1 aliphatic rings. The Balaban J connectivity index is 1.19. The molecular formula is C23H19Cl2N3O3.